The van der Waals surface area contributed by atoms with Crippen molar-refractivity contribution in [3.05, 3.63) is 0 Å². The van der Waals surface area contributed by atoms with Crippen molar-refractivity contribution in [2.24, 2.45) is 11.3 Å². The number of carbonyl (C=O) groups is 2. The van der Waals surface area contributed by atoms with Gasteiger partial charge in [0.05, 0.1) is 5.41 Å². The molecule has 2 amide bonds. The summed E-state index contributed by atoms with van der Waals surface area (Å²) >= 11 is 0. The number of aliphatic carboxylic acids is 1. The zero-order chi connectivity index (χ0) is 12.1. The molecule has 0 aliphatic heterocycles. The summed E-state index contributed by atoms with van der Waals surface area (Å²) in [6.45, 7) is 7.81. The molecule has 0 saturated carbocycles. The lowest BCUT2D eigenvalue weighted by Crippen LogP contribution is -2.44. The summed E-state index contributed by atoms with van der Waals surface area (Å²) in [4.78, 5) is 21.9. The van der Waals surface area contributed by atoms with E-state index in [4.69, 9.17) is 5.11 Å². The zero-order valence-corrected chi connectivity index (χ0v) is 9.76. The third kappa shape index (κ3) is 5.93. The molecule has 0 radical (unpaired) electrons. The normalized spacial score (nSPS) is 11.3. The number of carbonyl (C=O) groups excluding carboxylic acids is 1. The van der Waals surface area contributed by atoms with Gasteiger partial charge in [0.1, 0.15) is 0 Å². The Morgan fingerprint density at radius 1 is 1.27 bits per heavy atom. The maximum atomic E-state index is 11.2. The molecule has 0 unspecified atom stereocenters. The first-order valence-electron chi connectivity index (χ1n) is 5.01. The van der Waals surface area contributed by atoms with E-state index in [9.17, 15) is 9.59 Å². The van der Waals surface area contributed by atoms with Gasteiger partial charge in [-0.05, 0) is 19.8 Å². The summed E-state index contributed by atoms with van der Waals surface area (Å²) in [7, 11) is 0. The van der Waals surface area contributed by atoms with E-state index in [1.165, 1.54) is 0 Å². The van der Waals surface area contributed by atoms with Gasteiger partial charge in [0, 0.05) is 13.1 Å². The molecule has 5 heteroatoms. The van der Waals surface area contributed by atoms with Crippen molar-refractivity contribution in [1.82, 2.24) is 10.6 Å². The van der Waals surface area contributed by atoms with Gasteiger partial charge >= 0.3 is 12.0 Å². The van der Waals surface area contributed by atoms with Crippen LogP contribution < -0.4 is 10.6 Å². The summed E-state index contributed by atoms with van der Waals surface area (Å²) in [5.74, 6) is -0.546. The summed E-state index contributed by atoms with van der Waals surface area (Å²) < 4.78 is 0. The minimum Gasteiger partial charge on any atom is -0.481 e. The van der Waals surface area contributed by atoms with Crippen molar-refractivity contribution in [3.63, 3.8) is 0 Å². The molecule has 0 spiro atoms. The van der Waals surface area contributed by atoms with E-state index < -0.39 is 11.4 Å². The molecule has 0 atom stereocenters. The van der Waals surface area contributed by atoms with Crippen LogP contribution in [0.3, 0.4) is 0 Å². The quantitative estimate of drug-likeness (QED) is 0.642. The van der Waals surface area contributed by atoms with Gasteiger partial charge in [-0.15, -0.1) is 0 Å². The molecular formula is C10H20N2O3. The van der Waals surface area contributed by atoms with Crippen LogP contribution in [0.2, 0.25) is 0 Å². The van der Waals surface area contributed by atoms with Crippen LogP contribution >= 0.6 is 0 Å². The Morgan fingerprint density at radius 2 is 1.80 bits per heavy atom. The average molecular weight is 216 g/mol. The van der Waals surface area contributed by atoms with Crippen molar-refractivity contribution in [3.8, 4) is 0 Å². The number of rotatable bonds is 5. The summed E-state index contributed by atoms with van der Waals surface area (Å²) in [5, 5.41) is 14.0. The van der Waals surface area contributed by atoms with Crippen LogP contribution in [0, 0.1) is 11.3 Å². The molecule has 0 heterocycles. The van der Waals surface area contributed by atoms with Gasteiger partial charge in [-0.3, -0.25) is 4.79 Å². The molecule has 0 aromatic carbocycles. The van der Waals surface area contributed by atoms with Crippen LogP contribution in [0.25, 0.3) is 0 Å². The Hall–Kier alpha value is -1.26. The van der Waals surface area contributed by atoms with E-state index in [0.29, 0.717) is 12.5 Å². The van der Waals surface area contributed by atoms with Gasteiger partial charge in [0.15, 0.2) is 0 Å². The van der Waals surface area contributed by atoms with Gasteiger partial charge in [0.2, 0.25) is 0 Å². The number of nitrogens with one attached hydrogen (secondary N) is 2. The zero-order valence-electron chi connectivity index (χ0n) is 9.76. The Kier molecular flexibility index (Phi) is 5.11. The van der Waals surface area contributed by atoms with Crippen molar-refractivity contribution in [2.75, 3.05) is 13.1 Å². The first-order chi connectivity index (χ1) is 6.75. The van der Waals surface area contributed by atoms with Crippen LogP contribution in [-0.4, -0.2) is 30.2 Å². The van der Waals surface area contributed by atoms with E-state index in [0.717, 1.165) is 0 Å². The number of carboxylic acids is 1. The Morgan fingerprint density at radius 3 is 2.20 bits per heavy atom. The van der Waals surface area contributed by atoms with Crippen LogP contribution in [0.15, 0.2) is 0 Å². The number of amides is 2. The number of carboxylic acid groups (broad SMARTS) is 1. The lowest BCUT2D eigenvalue weighted by atomic mass is 9.94. The van der Waals surface area contributed by atoms with Crippen molar-refractivity contribution in [1.29, 1.82) is 0 Å². The van der Waals surface area contributed by atoms with E-state index >= 15 is 0 Å². The Bertz CT molecular complexity index is 237. The third-order valence-electron chi connectivity index (χ3n) is 1.94. The first-order valence-corrected chi connectivity index (χ1v) is 5.01. The minimum absolute atomic E-state index is 0.117. The van der Waals surface area contributed by atoms with E-state index in [-0.39, 0.29) is 12.6 Å². The summed E-state index contributed by atoms with van der Waals surface area (Å²) in [6, 6.07) is -0.321. The van der Waals surface area contributed by atoms with Crippen LogP contribution in [0.5, 0.6) is 0 Å². The number of hydrogen-bond donors (Lipinski definition) is 3. The summed E-state index contributed by atoms with van der Waals surface area (Å²) in [6.07, 6.45) is 0. The fraction of sp³-hybridized carbons (Fsp3) is 0.800. The van der Waals surface area contributed by atoms with E-state index in [2.05, 4.69) is 10.6 Å². The standard InChI is InChI=1S/C10H20N2O3/c1-7(2)5-11-9(15)12-6-10(3,4)8(13)14/h7H,5-6H2,1-4H3,(H,13,14)(H2,11,12,15). The van der Waals surface area contributed by atoms with Gasteiger partial charge in [-0.25, -0.2) is 4.79 Å². The van der Waals surface area contributed by atoms with Crippen molar-refractivity contribution < 1.29 is 14.7 Å². The third-order valence-corrected chi connectivity index (χ3v) is 1.94. The average Bonchev–Trinajstić information content (AvgIpc) is 2.11. The smallest absolute Gasteiger partial charge is 0.314 e. The second kappa shape index (κ2) is 5.58. The van der Waals surface area contributed by atoms with Crippen LogP contribution in [-0.2, 0) is 4.79 Å². The maximum absolute atomic E-state index is 11.2. The second-order valence-electron chi connectivity index (χ2n) is 4.65. The predicted octanol–water partition coefficient (Wildman–Crippen LogP) is 1.05. The Balaban J connectivity index is 3.85. The van der Waals surface area contributed by atoms with Crippen molar-refractivity contribution in [2.45, 2.75) is 27.7 Å². The SMILES string of the molecule is CC(C)CNC(=O)NCC(C)(C)C(=O)O. The lowest BCUT2D eigenvalue weighted by molar-refractivity contribution is -0.146. The lowest BCUT2D eigenvalue weighted by Gasteiger charge is -2.19. The Labute approximate surface area is 90.2 Å². The van der Waals surface area contributed by atoms with Gasteiger partial charge < -0.3 is 15.7 Å². The molecule has 5 nitrogen and oxygen atoms in total. The van der Waals surface area contributed by atoms with Crippen molar-refractivity contribution >= 4 is 12.0 Å². The number of urea groups is 1. The van der Waals surface area contributed by atoms with Gasteiger partial charge in [-0.2, -0.15) is 0 Å². The summed E-state index contributed by atoms with van der Waals surface area (Å²) in [5.41, 5.74) is -0.935. The topological polar surface area (TPSA) is 78.4 Å². The molecule has 15 heavy (non-hydrogen) atoms. The highest BCUT2D eigenvalue weighted by Gasteiger charge is 2.27. The molecule has 88 valence electrons. The van der Waals surface area contributed by atoms with Crippen LogP contribution in [0.4, 0.5) is 4.79 Å². The fourth-order valence-corrected chi connectivity index (χ4v) is 0.736. The van der Waals surface area contributed by atoms with E-state index in [1.807, 2.05) is 13.8 Å². The van der Waals surface area contributed by atoms with Gasteiger partial charge in [-0.1, -0.05) is 13.8 Å². The molecule has 0 aromatic rings. The number of hydrogen-bond acceptors (Lipinski definition) is 2. The van der Waals surface area contributed by atoms with E-state index in [1.54, 1.807) is 13.8 Å². The first kappa shape index (κ1) is 13.7. The molecule has 0 fully saturated rings. The van der Waals surface area contributed by atoms with Gasteiger partial charge in [0.25, 0.3) is 0 Å². The largest absolute Gasteiger partial charge is 0.481 e. The maximum Gasteiger partial charge on any atom is 0.314 e. The highest BCUT2D eigenvalue weighted by Crippen LogP contribution is 2.12. The second-order valence-corrected chi connectivity index (χ2v) is 4.65. The fourth-order valence-electron chi connectivity index (χ4n) is 0.736. The molecular weight excluding hydrogens is 196 g/mol. The molecule has 0 aliphatic carbocycles. The molecule has 3 N–H and O–H groups in total. The molecule has 0 saturated heterocycles. The molecule has 0 aromatic heterocycles. The molecule has 0 rings (SSSR count). The monoisotopic (exact) mass is 216 g/mol. The highest BCUT2D eigenvalue weighted by molar-refractivity contribution is 5.77. The van der Waals surface area contributed by atoms with Crippen LogP contribution in [0.1, 0.15) is 27.7 Å². The minimum atomic E-state index is -0.935. The molecule has 0 bridgehead atoms. The highest BCUT2D eigenvalue weighted by atomic mass is 16.4. The molecule has 0 aliphatic rings. The predicted molar refractivity (Wildman–Crippen MR) is 57.7 cm³/mol.